The van der Waals surface area contributed by atoms with E-state index in [1.54, 1.807) is 11.3 Å². The van der Waals surface area contributed by atoms with Crippen LogP contribution in [0.3, 0.4) is 0 Å². The molecular formula is C9H13ClN2S. The van der Waals surface area contributed by atoms with Crippen molar-refractivity contribution >= 4 is 28.1 Å². The second kappa shape index (κ2) is 4.29. The molecule has 4 heteroatoms. The van der Waals surface area contributed by atoms with Crippen molar-refractivity contribution in [2.45, 2.75) is 25.7 Å². The third kappa shape index (κ3) is 2.58. The Balaban J connectivity index is 1.78. The highest BCUT2D eigenvalue weighted by Gasteiger charge is 2.14. The molecule has 1 N–H and O–H groups in total. The Morgan fingerprint density at radius 2 is 2.31 bits per heavy atom. The van der Waals surface area contributed by atoms with Crippen molar-refractivity contribution in [2.24, 2.45) is 5.92 Å². The van der Waals surface area contributed by atoms with Gasteiger partial charge >= 0.3 is 0 Å². The van der Waals surface area contributed by atoms with Gasteiger partial charge < -0.3 is 5.32 Å². The topological polar surface area (TPSA) is 24.9 Å². The molecule has 1 fully saturated rings. The lowest BCUT2D eigenvalue weighted by atomic mass is 10.1. The molecule has 1 aromatic heterocycles. The van der Waals surface area contributed by atoms with Crippen LogP contribution in [0.25, 0.3) is 0 Å². The van der Waals surface area contributed by atoms with Crippen molar-refractivity contribution in [3.8, 4) is 0 Å². The fourth-order valence-corrected chi connectivity index (χ4v) is 2.63. The van der Waals surface area contributed by atoms with E-state index in [0.29, 0.717) is 5.15 Å². The zero-order valence-corrected chi connectivity index (χ0v) is 9.00. The van der Waals surface area contributed by atoms with E-state index in [1.807, 2.05) is 5.38 Å². The molecule has 2 rings (SSSR count). The Morgan fingerprint density at radius 1 is 1.54 bits per heavy atom. The van der Waals surface area contributed by atoms with E-state index in [0.717, 1.165) is 17.6 Å². The summed E-state index contributed by atoms with van der Waals surface area (Å²) in [7, 11) is 0. The van der Waals surface area contributed by atoms with Crippen LogP contribution in [0, 0.1) is 5.92 Å². The summed E-state index contributed by atoms with van der Waals surface area (Å²) in [4.78, 5) is 4.14. The molecule has 1 aliphatic rings. The van der Waals surface area contributed by atoms with Crippen molar-refractivity contribution in [3.05, 3.63) is 10.5 Å². The van der Waals surface area contributed by atoms with Crippen LogP contribution in [0.2, 0.25) is 5.15 Å². The van der Waals surface area contributed by atoms with Crippen LogP contribution in [0.15, 0.2) is 5.38 Å². The lowest BCUT2D eigenvalue weighted by Crippen LogP contribution is -2.10. The largest absolute Gasteiger partial charge is 0.361 e. The molecule has 0 aliphatic heterocycles. The van der Waals surface area contributed by atoms with E-state index >= 15 is 0 Å². The molecule has 1 saturated carbocycles. The van der Waals surface area contributed by atoms with E-state index in [2.05, 4.69) is 10.3 Å². The fourth-order valence-electron chi connectivity index (χ4n) is 1.78. The lowest BCUT2D eigenvalue weighted by molar-refractivity contribution is 0.579. The normalized spacial score (nSPS) is 17.9. The molecule has 1 aromatic rings. The van der Waals surface area contributed by atoms with E-state index < -0.39 is 0 Å². The molecular weight excluding hydrogens is 204 g/mol. The van der Waals surface area contributed by atoms with Crippen molar-refractivity contribution in [1.29, 1.82) is 0 Å². The van der Waals surface area contributed by atoms with Gasteiger partial charge in [-0.25, -0.2) is 4.98 Å². The molecule has 1 aliphatic carbocycles. The molecule has 0 spiro atoms. The maximum Gasteiger partial charge on any atom is 0.184 e. The number of hydrogen-bond acceptors (Lipinski definition) is 3. The van der Waals surface area contributed by atoms with Gasteiger partial charge in [-0.05, 0) is 18.8 Å². The average molecular weight is 217 g/mol. The standard InChI is InChI=1S/C9H13ClN2S/c10-8-6-13-9(12-8)11-5-7-3-1-2-4-7/h6-7H,1-5H2,(H,11,12). The second-order valence-electron chi connectivity index (χ2n) is 3.51. The van der Waals surface area contributed by atoms with E-state index in [-0.39, 0.29) is 0 Å². The van der Waals surface area contributed by atoms with Gasteiger partial charge in [-0.1, -0.05) is 24.4 Å². The summed E-state index contributed by atoms with van der Waals surface area (Å²) >= 11 is 7.29. The zero-order chi connectivity index (χ0) is 9.10. The minimum atomic E-state index is 0.596. The average Bonchev–Trinajstić information content (AvgIpc) is 2.71. The third-order valence-corrected chi connectivity index (χ3v) is 3.62. The Morgan fingerprint density at radius 3 is 2.92 bits per heavy atom. The summed E-state index contributed by atoms with van der Waals surface area (Å²) in [6.45, 7) is 1.06. The summed E-state index contributed by atoms with van der Waals surface area (Å²) < 4.78 is 0. The number of nitrogens with zero attached hydrogens (tertiary/aromatic N) is 1. The third-order valence-electron chi connectivity index (χ3n) is 2.49. The molecule has 0 saturated heterocycles. The Bertz CT molecular complexity index is 268. The van der Waals surface area contributed by atoms with Crippen molar-refractivity contribution in [1.82, 2.24) is 4.98 Å². The first kappa shape index (κ1) is 9.28. The molecule has 0 amide bonds. The minimum absolute atomic E-state index is 0.596. The Hall–Kier alpha value is -0.280. The van der Waals surface area contributed by atoms with Gasteiger partial charge in [-0.15, -0.1) is 11.3 Å². The van der Waals surface area contributed by atoms with Crippen molar-refractivity contribution < 1.29 is 0 Å². The number of hydrogen-bond donors (Lipinski definition) is 1. The van der Waals surface area contributed by atoms with Gasteiger partial charge in [0.1, 0.15) is 5.15 Å². The Labute approximate surface area is 87.3 Å². The highest BCUT2D eigenvalue weighted by atomic mass is 35.5. The van der Waals surface area contributed by atoms with Crippen LogP contribution in [-0.4, -0.2) is 11.5 Å². The van der Waals surface area contributed by atoms with Gasteiger partial charge in [0.05, 0.1) is 0 Å². The molecule has 0 atom stereocenters. The maximum atomic E-state index is 5.72. The molecule has 1 heterocycles. The predicted molar refractivity (Wildman–Crippen MR) is 57.6 cm³/mol. The number of aromatic nitrogens is 1. The molecule has 0 unspecified atom stereocenters. The molecule has 0 bridgehead atoms. The van der Waals surface area contributed by atoms with Gasteiger partial charge in [0.15, 0.2) is 5.13 Å². The SMILES string of the molecule is Clc1csc(NCC2CCCC2)n1. The minimum Gasteiger partial charge on any atom is -0.361 e. The van der Waals surface area contributed by atoms with Crippen LogP contribution in [0.5, 0.6) is 0 Å². The lowest BCUT2D eigenvalue weighted by Gasteiger charge is -2.08. The quantitative estimate of drug-likeness (QED) is 0.838. The fraction of sp³-hybridized carbons (Fsp3) is 0.667. The molecule has 0 radical (unpaired) electrons. The smallest absolute Gasteiger partial charge is 0.184 e. The highest BCUT2D eigenvalue weighted by Crippen LogP contribution is 2.26. The summed E-state index contributed by atoms with van der Waals surface area (Å²) in [6.07, 6.45) is 5.52. The van der Waals surface area contributed by atoms with Gasteiger partial charge in [0, 0.05) is 11.9 Å². The van der Waals surface area contributed by atoms with Crippen molar-refractivity contribution in [2.75, 3.05) is 11.9 Å². The first-order valence-corrected chi connectivity index (χ1v) is 5.95. The summed E-state index contributed by atoms with van der Waals surface area (Å²) in [5, 5.41) is 6.74. The van der Waals surface area contributed by atoms with Crippen molar-refractivity contribution in [3.63, 3.8) is 0 Å². The second-order valence-corrected chi connectivity index (χ2v) is 4.75. The van der Waals surface area contributed by atoms with E-state index in [1.165, 1.54) is 25.7 Å². The number of rotatable bonds is 3. The Kier molecular flexibility index (Phi) is 3.06. The van der Waals surface area contributed by atoms with E-state index in [4.69, 9.17) is 11.6 Å². The van der Waals surface area contributed by atoms with Gasteiger partial charge in [0.2, 0.25) is 0 Å². The number of halogens is 1. The molecule has 2 nitrogen and oxygen atoms in total. The number of anilines is 1. The molecule has 72 valence electrons. The van der Waals surface area contributed by atoms with Gasteiger partial charge in [-0.2, -0.15) is 0 Å². The van der Waals surface area contributed by atoms with Crippen LogP contribution < -0.4 is 5.32 Å². The summed E-state index contributed by atoms with van der Waals surface area (Å²) in [5.74, 6) is 0.850. The predicted octanol–water partition coefficient (Wildman–Crippen LogP) is 3.40. The van der Waals surface area contributed by atoms with Crippen LogP contribution in [-0.2, 0) is 0 Å². The first-order valence-electron chi connectivity index (χ1n) is 4.69. The highest BCUT2D eigenvalue weighted by molar-refractivity contribution is 7.14. The monoisotopic (exact) mass is 216 g/mol. The number of thiazole rings is 1. The van der Waals surface area contributed by atoms with E-state index in [9.17, 15) is 0 Å². The molecule has 0 aromatic carbocycles. The summed E-state index contributed by atoms with van der Waals surface area (Å²) in [6, 6.07) is 0. The molecule has 13 heavy (non-hydrogen) atoms. The maximum absolute atomic E-state index is 5.72. The number of nitrogens with one attached hydrogen (secondary N) is 1. The van der Waals surface area contributed by atoms with Gasteiger partial charge in [-0.3, -0.25) is 0 Å². The van der Waals surface area contributed by atoms with Crippen LogP contribution >= 0.6 is 22.9 Å². The van der Waals surface area contributed by atoms with Gasteiger partial charge in [0.25, 0.3) is 0 Å². The summed E-state index contributed by atoms with van der Waals surface area (Å²) in [5.41, 5.74) is 0. The first-order chi connectivity index (χ1) is 6.34. The zero-order valence-electron chi connectivity index (χ0n) is 7.42. The van der Waals surface area contributed by atoms with Crippen LogP contribution in [0.1, 0.15) is 25.7 Å². The van der Waals surface area contributed by atoms with Crippen LogP contribution in [0.4, 0.5) is 5.13 Å².